The van der Waals surface area contributed by atoms with Gasteiger partial charge in [-0.3, -0.25) is 24.4 Å². The highest BCUT2D eigenvalue weighted by Gasteiger charge is 2.27. The van der Waals surface area contributed by atoms with Gasteiger partial charge < -0.3 is 29.7 Å². The first-order chi connectivity index (χ1) is 23.8. The topological polar surface area (TPSA) is 151 Å². The molecule has 0 aliphatic carbocycles. The molecule has 0 fully saturated rings. The standard InChI is InChI=1S/C20H22ClN3O3.C16H13ClN2O4/c1-20(2,3)23-18(25)12-27-16-9-15(10-22-11-16)24-7-6-13-8-14(21)4-5-17(13)19(24)26;17-11-1-2-14-10(5-11)3-4-19(16(14)22)12-6-13(8-18-7-12)23-9-15(20)21/h4-5,8-11H,6-7,12H2,1-3H3,(H,23,25);1-2,5-8H,3-4,9H2,(H,20,21). The number of ether oxygens (including phenoxy) is 2. The largest absolute Gasteiger partial charge is 0.482 e. The molecule has 3 amide bonds. The van der Waals surface area contributed by atoms with Crippen molar-refractivity contribution in [3.63, 3.8) is 0 Å². The molecule has 2 aliphatic heterocycles. The number of carbonyl (C=O) groups is 4. The number of carbonyl (C=O) groups excluding carboxylic acids is 3. The van der Waals surface area contributed by atoms with E-state index in [1.807, 2.05) is 26.8 Å². The fraction of sp³-hybridized carbons (Fsp3) is 0.278. The van der Waals surface area contributed by atoms with Crippen molar-refractivity contribution < 1.29 is 33.8 Å². The Hall–Kier alpha value is -5.20. The molecule has 2 aliphatic rings. The number of nitrogens with one attached hydrogen (secondary N) is 1. The number of anilines is 2. The number of fused-ring (bicyclic) bond motifs is 2. The molecule has 260 valence electrons. The summed E-state index contributed by atoms with van der Waals surface area (Å²) in [6, 6.07) is 13.8. The molecule has 0 saturated heterocycles. The van der Waals surface area contributed by atoms with Crippen LogP contribution in [-0.2, 0) is 22.4 Å². The van der Waals surface area contributed by atoms with E-state index in [4.69, 9.17) is 37.8 Å². The number of nitrogens with zero attached hydrogens (tertiary/aromatic N) is 4. The summed E-state index contributed by atoms with van der Waals surface area (Å²) in [6.45, 7) is 6.16. The molecule has 0 unspecified atom stereocenters. The number of benzene rings is 2. The molecule has 0 atom stereocenters. The summed E-state index contributed by atoms with van der Waals surface area (Å²) in [5, 5.41) is 12.7. The van der Waals surface area contributed by atoms with E-state index in [0.717, 1.165) is 11.1 Å². The minimum absolute atomic E-state index is 0.0997. The summed E-state index contributed by atoms with van der Waals surface area (Å²) in [5.41, 5.74) is 4.00. The van der Waals surface area contributed by atoms with E-state index in [0.29, 0.717) is 70.0 Å². The molecule has 4 heterocycles. The van der Waals surface area contributed by atoms with Crippen LogP contribution in [0.25, 0.3) is 0 Å². The van der Waals surface area contributed by atoms with Crippen molar-refractivity contribution in [1.82, 2.24) is 15.3 Å². The number of pyridine rings is 2. The van der Waals surface area contributed by atoms with Gasteiger partial charge in [-0.1, -0.05) is 23.2 Å². The van der Waals surface area contributed by atoms with Crippen LogP contribution in [0.3, 0.4) is 0 Å². The predicted octanol–water partition coefficient (Wildman–Crippen LogP) is 5.63. The third-order valence-corrected chi connectivity index (χ3v) is 8.03. The molecule has 6 rings (SSSR count). The Bertz CT molecular complexity index is 1930. The summed E-state index contributed by atoms with van der Waals surface area (Å²) in [5.74, 6) is -0.786. The Labute approximate surface area is 298 Å². The lowest BCUT2D eigenvalue weighted by Gasteiger charge is -2.28. The Morgan fingerprint density at radius 2 is 1.22 bits per heavy atom. The number of carboxylic acid groups (broad SMARTS) is 1. The summed E-state index contributed by atoms with van der Waals surface area (Å²) in [4.78, 5) is 59.3. The fourth-order valence-corrected chi connectivity index (χ4v) is 5.81. The number of aliphatic carboxylic acids is 1. The van der Waals surface area contributed by atoms with Crippen LogP contribution in [0.4, 0.5) is 11.4 Å². The predicted molar refractivity (Wildman–Crippen MR) is 189 cm³/mol. The SMILES string of the molecule is CC(C)(C)NC(=O)COc1cncc(N2CCc3cc(Cl)ccc3C2=O)c1.O=C(O)COc1cncc(N2CCc3cc(Cl)ccc3C2=O)c1. The second-order valence-corrected chi connectivity index (χ2v) is 13.4. The molecule has 0 radical (unpaired) electrons. The van der Waals surface area contributed by atoms with Gasteiger partial charge >= 0.3 is 5.97 Å². The maximum Gasteiger partial charge on any atom is 0.341 e. The maximum atomic E-state index is 12.8. The molecular formula is C36H35Cl2N5O7. The number of rotatable bonds is 8. The number of carboxylic acids is 1. The molecule has 0 spiro atoms. The minimum Gasteiger partial charge on any atom is -0.482 e. The zero-order valence-corrected chi connectivity index (χ0v) is 29.1. The summed E-state index contributed by atoms with van der Waals surface area (Å²) in [6.07, 6.45) is 7.49. The van der Waals surface area contributed by atoms with Crippen LogP contribution in [0.2, 0.25) is 10.0 Å². The van der Waals surface area contributed by atoms with Gasteiger partial charge in [0.25, 0.3) is 17.7 Å². The molecule has 2 aromatic heterocycles. The van der Waals surface area contributed by atoms with Crippen molar-refractivity contribution in [3.05, 3.63) is 106 Å². The smallest absolute Gasteiger partial charge is 0.341 e. The van der Waals surface area contributed by atoms with E-state index >= 15 is 0 Å². The number of amides is 3. The van der Waals surface area contributed by atoms with Crippen molar-refractivity contribution in [2.24, 2.45) is 0 Å². The van der Waals surface area contributed by atoms with Crippen molar-refractivity contribution in [2.75, 3.05) is 36.1 Å². The number of halogens is 2. The van der Waals surface area contributed by atoms with E-state index in [2.05, 4.69) is 15.3 Å². The molecule has 50 heavy (non-hydrogen) atoms. The highest BCUT2D eigenvalue weighted by molar-refractivity contribution is 6.31. The van der Waals surface area contributed by atoms with Gasteiger partial charge in [0.05, 0.1) is 36.2 Å². The van der Waals surface area contributed by atoms with Crippen LogP contribution in [0.5, 0.6) is 11.5 Å². The summed E-state index contributed by atoms with van der Waals surface area (Å²) in [7, 11) is 0. The Balaban J connectivity index is 0.000000197. The lowest BCUT2D eigenvalue weighted by atomic mass is 9.99. The average molecular weight is 721 g/mol. The fourth-order valence-electron chi connectivity index (χ4n) is 5.42. The van der Waals surface area contributed by atoms with Crippen LogP contribution >= 0.6 is 23.2 Å². The maximum absolute atomic E-state index is 12.8. The van der Waals surface area contributed by atoms with Gasteiger partial charge in [0, 0.05) is 51.9 Å². The van der Waals surface area contributed by atoms with Crippen LogP contribution in [0.1, 0.15) is 52.6 Å². The third-order valence-electron chi connectivity index (χ3n) is 7.56. The Kier molecular flexibility index (Phi) is 11.2. The van der Waals surface area contributed by atoms with E-state index in [1.165, 1.54) is 12.4 Å². The normalized spacial score (nSPS) is 13.8. The Morgan fingerprint density at radius 1 is 0.760 bits per heavy atom. The third kappa shape index (κ3) is 9.27. The van der Waals surface area contributed by atoms with Gasteiger partial charge in [-0.15, -0.1) is 0 Å². The summed E-state index contributed by atoms with van der Waals surface area (Å²) >= 11 is 12.0. The molecule has 2 aromatic carbocycles. The number of hydrogen-bond donors (Lipinski definition) is 2. The first-order valence-electron chi connectivity index (χ1n) is 15.7. The number of aromatic nitrogens is 2. The van der Waals surface area contributed by atoms with Crippen molar-refractivity contribution in [3.8, 4) is 11.5 Å². The van der Waals surface area contributed by atoms with Gasteiger partial charge in [-0.2, -0.15) is 0 Å². The van der Waals surface area contributed by atoms with Crippen LogP contribution in [0, 0.1) is 0 Å². The second kappa shape index (κ2) is 15.6. The quantitative estimate of drug-likeness (QED) is 0.236. The molecule has 0 bridgehead atoms. The molecule has 0 saturated carbocycles. The van der Waals surface area contributed by atoms with Crippen LogP contribution in [0.15, 0.2) is 73.3 Å². The summed E-state index contributed by atoms with van der Waals surface area (Å²) < 4.78 is 10.6. The van der Waals surface area contributed by atoms with Gasteiger partial charge in [0.15, 0.2) is 13.2 Å². The molecule has 4 aromatic rings. The minimum atomic E-state index is -1.07. The Morgan fingerprint density at radius 3 is 1.66 bits per heavy atom. The number of hydrogen-bond acceptors (Lipinski definition) is 8. The van der Waals surface area contributed by atoms with Crippen molar-refractivity contribution >= 4 is 58.3 Å². The van der Waals surface area contributed by atoms with Crippen molar-refractivity contribution in [2.45, 2.75) is 39.2 Å². The van der Waals surface area contributed by atoms with Crippen LogP contribution < -0.4 is 24.6 Å². The van der Waals surface area contributed by atoms with Gasteiger partial charge in [0.2, 0.25) is 0 Å². The zero-order chi connectivity index (χ0) is 36.0. The lowest BCUT2D eigenvalue weighted by Crippen LogP contribution is -2.43. The van der Waals surface area contributed by atoms with Crippen molar-refractivity contribution in [1.29, 1.82) is 0 Å². The molecule has 2 N–H and O–H groups in total. The van der Waals surface area contributed by atoms with Gasteiger partial charge in [-0.25, -0.2) is 4.79 Å². The highest BCUT2D eigenvalue weighted by Crippen LogP contribution is 2.29. The second-order valence-electron chi connectivity index (χ2n) is 12.5. The zero-order valence-electron chi connectivity index (χ0n) is 27.6. The average Bonchev–Trinajstić information content (AvgIpc) is 3.06. The first kappa shape index (κ1) is 36.1. The van der Waals surface area contributed by atoms with E-state index in [1.54, 1.807) is 64.7 Å². The lowest BCUT2D eigenvalue weighted by molar-refractivity contribution is -0.139. The molecule has 12 nitrogen and oxygen atoms in total. The molecular weight excluding hydrogens is 685 g/mol. The highest BCUT2D eigenvalue weighted by atomic mass is 35.5. The molecule has 14 heteroatoms. The van der Waals surface area contributed by atoms with E-state index < -0.39 is 12.6 Å². The first-order valence-corrected chi connectivity index (χ1v) is 16.4. The van der Waals surface area contributed by atoms with E-state index in [9.17, 15) is 19.2 Å². The van der Waals surface area contributed by atoms with Crippen LogP contribution in [-0.4, -0.2) is 70.6 Å². The van der Waals surface area contributed by atoms with Gasteiger partial charge in [-0.05, 0) is 81.1 Å². The van der Waals surface area contributed by atoms with Gasteiger partial charge in [0.1, 0.15) is 11.5 Å². The van der Waals surface area contributed by atoms with E-state index in [-0.39, 0.29) is 29.9 Å². The monoisotopic (exact) mass is 719 g/mol.